The third kappa shape index (κ3) is 3.27. The summed E-state index contributed by atoms with van der Waals surface area (Å²) in [5, 5.41) is 0. The number of sulfonamides is 1. The molecule has 2 rings (SSSR count). The van der Waals surface area contributed by atoms with Crippen LogP contribution < -0.4 is 0 Å². The van der Waals surface area contributed by atoms with E-state index in [0.717, 1.165) is 43.4 Å². The minimum absolute atomic E-state index is 0.00491. The van der Waals surface area contributed by atoms with Crippen molar-refractivity contribution in [3.05, 3.63) is 11.2 Å². The van der Waals surface area contributed by atoms with Gasteiger partial charge in [-0.3, -0.25) is 0 Å². The Morgan fingerprint density at radius 1 is 1.48 bits per heavy atom. The molecule has 0 bridgehead atoms. The average Bonchev–Trinajstić information content (AvgIpc) is 2.85. The van der Waals surface area contributed by atoms with E-state index in [0.29, 0.717) is 6.54 Å². The molecule has 118 valence electrons. The number of rotatable bonds is 4. The fourth-order valence-corrected chi connectivity index (χ4v) is 5.65. The van der Waals surface area contributed by atoms with E-state index in [2.05, 4.69) is 9.72 Å². The van der Waals surface area contributed by atoms with E-state index in [1.165, 1.54) is 12.6 Å². The molecule has 2 heterocycles. The van der Waals surface area contributed by atoms with Gasteiger partial charge in [-0.15, -0.1) is 11.3 Å². The molecule has 0 spiro atoms. The van der Waals surface area contributed by atoms with Crippen LogP contribution in [0.3, 0.4) is 0 Å². The number of ether oxygens (including phenoxy) is 1. The Labute approximate surface area is 129 Å². The minimum atomic E-state index is -3.70. The lowest BCUT2D eigenvalue weighted by atomic mass is 10.1. The monoisotopic (exact) mass is 332 g/mol. The number of esters is 1. The van der Waals surface area contributed by atoms with Crippen molar-refractivity contribution in [2.75, 3.05) is 13.7 Å². The predicted octanol–water partition coefficient (Wildman–Crippen LogP) is 2.27. The van der Waals surface area contributed by atoms with Gasteiger partial charge in [-0.05, 0) is 19.3 Å². The van der Waals surface area contributed by atoms with Gasteiger partial charge in [-0.1, -0.05) is 19.8 Å². The molecule has 1 aromatic heterocycles. The van der Waals surface area contributed by atoms with Crippen LogP contribution >= 0.6 is 11.3 Å². The molecule has 1 fully saturated rings. The Bertz CT molecular complexity index is 597. The average molecular weight is 332 g/mol. The molecule has 8 heteroatoms. The molecule has 0 aliphatic carbocycles. The predicted molar refractivity (Wildman–Crippen MR) is 79.9 cm³/mol. The van der Waals surface area contributed by atoms with Gasteiger partial charge in [0.1, 0.15) is 0 Å². The molecule has 0 saturated carbocycles. The zero-order valence-corrected chi connectivity index (χ0v) is 13.9. The second kappa shape index (κ2) is 6.85. The Morgan fingerprint density at radius 2 is 2.24 bits per heavy atom. The lowest BCUT2D eigenvalue weighted by Crippen LogP contribution is -2.39. The largest absolute Gasteiger partial charge is 0.464 e. The molecule has 0 N–H and O–H groups in total. The summed E-state index contributed by atoms with van der Waals surface area (Å²) < 4.78 is 32.0. The number of carbonyl (C=O) groups is 1. The number of nitrogens with zero attached hydrogens (tertiary/aromatic N) is 2. The van der Waals surface area contributed by atoms with Crippen LogP contribution in [0.25, 0.3) is 0 Å². The Balaban J connectivity index is 2.40. The van der Waals surface area contributed by atoms with Crippen molar-refractivity contribution in [2.24, 2.45) is 0 Å². The van der Waals surface area contributed by atoms with Crippen molar-refractivity contribution in [2.45, 2.75) is 49.3 Å². The maximum absolute atomic E-state index is 12.9. The number of thiazole rings is 1. The number of carbonyl (C=O) groups excluding carboxylic acids is 1. The van der Waals surface area contributed by atoms with Gasteiger partial charge >= 0.3 is 5.97 Å². The Morgan fingerprint density at radius 3 is 2.90 bits per heavy atom. The highest BCUT2D eigenvalue weighted by molar-refractivity contribution is 7.91. The van der Waals surface area contributed by atoms with E-state index in [9.17, 15) is 13.2 Å². The van der Waals surface area contributed by atoms with Crippen molar-refractivity contribution < 1.29 is 17.9 Å². The van der Waals surface area contributed by atoms with E-state index < -0.39 is 16.0 Å². The second-order valence-electron chi connectivity index (χ2n) is 5.01. The highest BCUT2D eigenvalue weighted by atomic mass is 32.2. The van der Waals surface area contributed by atoms with Crippen LogP contribution in [0.1, 0.15) is 49.5 Å². The molecule has 1 saturated heterocycles. The van der Waals surface area contributed by atoms with Crippen molar-refractivity contribution in [1.82, 2.24) is 9.29 Å². The highest BCUT2D eigenvalue weighted by Gasteiger charge is 2.36. The first kappa shape index (κ1) is 16.4. The lowest BCUT2D eigenvalue weighted by Gasteiger charge is -2.27. The highest BCUT2D eigenvalue weighted by Crippen LogP contribution is 2.30. The minimum Gasteiger partial charge on any atom is -0.464 e. The zero-order chi connectivity index (χ0) is 15.5. The molecular formula is C13H20N2O4S2. The van der Waals surface area contributed by atoms with Crippen LogP contribution in [0, 0.1) is 0 Å². The molecule has 0 aromatic carbocycles. The van der Waals surface area contributed by atoms with E-state index in [1.54, 1.807) is 4.31 Å². The fraction of sp³-hybridized carbons (Fsp3) is 0.692. The van der Waals surface area contributed by atoms with Gasteiger partial charge in [0.05, 0.1) is 12.6 Å². The summed E-state index contributed by atoms with van der Waals surface area (Å²) >= 11 is 0.972. The van der Waals surface area contributed by atoms with Gasteiger partial charge < -0.3 is 4.74 Å². The first-order valence-electron chi connectivity index (χ1n) is 7.06. The molecular weight excluding hydrogens is 312 g/mol. The van der Waals surface area contributed by atoms with E-state index in [4.69, 9.17) is 0 Å². The summed E-state index contributed by atoms with van der Waals surface area (Å²) in [4.78, 5) is 15.5. The molecule has 0 radical (unpaired) electrons. The summed E-state index contributed by atoms with van der Waals surface area (Å²) in [6.07, 6.45) is 4.56. The molecule has 1 aliphatic rings. The summed E-state index contributed by atoms with van der Waals surface area (Å²) in [7, 11) is -2.48. The van der Waals surface area contributed by atoms with Gasteiger partial charge in [0.2, 0.25) is 0 Å². The maximum Gasteiger partial charge on any atom is 0.358 e. The smallest absolute Gasteiger partial charge is 0.358 e. The first-order valence-corrected chi connectivity index (χ1v) is 9.38. The van der Waals surface area contributed by atoms with E-state index in [-0.39, 0.29) is 15.9 Å². The van der Waals surface area contributed by atoms with Crippen molar-refractivity contribution in [3.63, 3.8) is 0 Å². The van der Waals surface area contributed by atoms with Crippen LogP contribution in [0.2, 0.25) is 0 Å². The lowest BCUT2D eigenvalue weighted by molar-refractivity contribution is 0.0590. The van der Waals surface area contributed by atoms with Crippen LogP contribution in [-0.4, -0.2) is 43.4 Å². The molecule has 1 unspecified atom stereocenters. The number of aromatic nitrogens is 1. The van der Waals surface area contributed by atoms with E-state index >= 15 is 0 Å². The zero-order valence-electron chi connectivity index (χ0n) is 12.2. The summed E-state index contributed by atoms with van der Waals surface area (Å²) in [5.41, 5.74) is 1.26. The Hall–Kier alpha value is -0.990. The molecule has 1 aliphatic heterocycles. The third-order valence-electron chi connectivity index (χ3n) is 3.75. The molecule has 1 atom stereocenters. The number of hydrogen-bond donors (Lipinski definition) is 0. The van der Waals surface area contributed by atoms with E-state index in [1.807, 2.05) is 6.92 Å². The molecule has 1 aromatic rings. The summed E-state index contributed by atoms with van der Waals surface area (Å²) in [6.45, 7) is 2.49. The SMILES string of the molecule is CCC1CCCCCN1S(=O)(=O)c1scnc1C(=O)OC. The number of methoxy groups -OCH3 is 1. The van der Waals surface area contributed by atoms with Gasteiger partial charge in [0.25, 0.3) is 10.0 Å². The van der Waals surface area contributed by atoms with Gasteiger partial charge in [-0.25, -0.2) is 18.2 Å². The molecule has 21 heavy (non-hydrogen) atoms. The van der Waals surface area contributed by atoms with Crippen molar-refractivity contribution in [1.29, 1.82) is 0 Å². The summed E-state index contributed by atoms with van der Waals surface area (Å²) in [6, 6.07) is -0.00917. The van der Waals surface area contributed by atoms with Crippen LogP contribution in [0.5, 0.6) is 0 Å². The van der Waals surface area contributed by atoms with Crippen LogP contribution in [0.4, 0.5) is 0 Å². The molecule has 0 amide bonds. The van der Waals surface area contributed by atoms with Crippen molar-refractivity contribution in [3.8, 4) is 0 Å². The summed E-state index contributed by atoms with van der Waals surface area (Å²) in [5.74, 6) is -0.710. The standard InChI is InChI=1S/C13H20N2O4S2/c1-3-10-7-5-4-6-8-15(10)21(17,18)13-11(12(16)19-2)14-9-20-13/h9-10H,3-8H2,1-2H3. The quantitative estimate of drug-likeness (QED) is 0.791. The van der Waals surface area contributed by atoms with Gasteiger partial charge in [0, 0.05) is 12.6 Å². The normalized spacial score (nSPS) is 21.0. The Kier molecular flexibility index (Phi) is 5.34. The number of hydrogen-bond acceptors (Lipinski definition) is 6. The van der Waals surface area contributed by atoms with Crippen LogP contribution in [-0.2, 0) is 14.8 Å². The van der Waals surface area contributed by atoms with Crippen molar-refractivity contribution >= 4 is 27.3 Å². The fourth-order valence-electron chi connectivity index (χ4n) is 2.63. The third-order valence-corrected chi connectivity index (χ3v) is 7.05. The molecule has 6 nitrogen and oxygen atoms in total. The topological polar surface area (TPSA) is 76.6 Å². The van der Waals surface area contributed by atoms with Gasteiger partial charge in [-0.2, -0.15) is 4.31 Å². The van der Waals surface area contributed by atoms with Crippen LogP contribution in [0.15, 0.2) is 9.72 Å². The second-order valence-corrected chi connectivity index (χ2v) is 7.95. The van der Waals surface area contributed by atoms with Gasteiger partial charge in [0.15, 0.2) is 9.90 Å². The first-order chi connectivity index (χ1) is 10.0. The maximum atomic E-state index is 12.9.